The number of fused-ring (bicyclic) bond motifs is 1. The molecular formula is C18H16O. The van der Waals surface area contributed by atoms with E-state index in [2.05, 4.69) is 31.2 Å². The zero-order chi connectivity index (χ0) is 13.4. The molecule has 0 aliphatic heterocycles. The number of benzene rings is 3. The number of phenolic OH excluding ortho intramolecular Hbond substituents is 1. The molecule has 3 aromatic rings. The van der Waals surface area contributed by atoms with Gasteiger partial charge in [-0.05, 0) is 47.4 Å². The van der Waals surface area contributed by atoms with Crippen molar-refractivity contribution in [3.05, 3.63) is 65.7 Å². The van der Waals surface area contributed by atoms with Crippen molar-refractivity contribution in [3.8, 4) is 16.9 Å². The van der Waals surface area contributed by atoms with Crippen LogP contribution in [0.25, 0.3) is 21.9 Å². The van der Waals surface area contributed by atoms with Gasteiger partial charge in [0.2, 0.25) is 0 Å². The minimum absolute atomic E-state index is 0.377. The Morgan fingerprint density at radius 1 is 0.789 bits per heavy atom. The Bertz CT molecular complexity index is 751. The highest BCUT2D eigenvalue weighted by molar-refractivity contribution is 5.98. The molecular weight excluding hydrogens is 232 g/mol. The first-order valence-electron chi connectivity index (χ1n) is 6.45. The molecule has 3 rings (SSSR count). The van der Waals surface area contributed by atoms with Crippen LogP contribution in [-0.4, -0.2) is 5.11 Å². The summed E-state index contributed by atoms with van der Waals surface area (Å²) in [6.07, 6.45) is 0. The van der Waals surface area contributed by atoms with Crippen molar-refractivity contribution in [2.75, 3.05) is 0 Å². The van der Waals surface area contributed by atoms with Gasteiger partial charge in [0.15, 0.2) is 0 Å². The predicted octanol–water partition coefficient (Wildman–Crippen LogP) is 4.83. The second kappa shape index (κ2) is 4.43. The van der Waals surface area contributed by atoms with E-state index >= 15 is 0 Å². The van der Waals surface area contributed by atoms with Gasteiger partial charge in [0.1, 0.15) is 5.75 Å². The highest BCUT2D eigenvalue weighted by atomic mass is 16.3. The summed E-state index contributed by atoms with van der Waals surface area (Å²) in [4.78, 5) is 0. The average molecular weight is 248 g/mol. The smallest absolute Gasteiger partial charge is 0.126 e. The topological polar surface area (TPSA) is 20.2 Å². The molecule has 0 unspecified atom stereocenters. The molecule has 0 heterocycles. The average Bonchev–Trinajstić information content (AvgIpc) is 2.42. The van der Waals surface area contributed by atoms with E-state index < -0.39 is 0 Å². The summed E-state index contributed by atoms with van der Waals surface area (Å²) in [5, 5.41) is 12.7. The number of phenols is 1. The summed E-state index contributed by atoms with van der Waals surface area (Å²) < 4.78 is 0. The zero-order valence-corrected chi connectivity index (χ0v) is 11.1. The van der Waals surface area contributed by atoms with E-state index in [1.807, 2.05) is 37.3 Å². The fourth-order valence-electron chi connectivity index (χ4n) is 2.63. The summed E-state index contributed by atoms with van der Waals surface area (Å²) in [7, 11) is 0. The van der Waals surface area contributed by atoms with E-state index in [0.717, 1.165) is 16.7 Å². The lowest BCUT2D eigenvalue weighted by Crippen LogP contribution is -1.86. The Labute approximate surface area is 113 Å². The first kappa shape index (κ1) is 11.8. The van der Waals surface area contributed by atoms with Gasteiger partial charge in [0.05, 0.1) is 0 Å². The van der Waals surface area contributed by atoms with Crippen molar-refractivity contribution in [3.63, 3.8) is 0 Å². The number of aromatic hydroxyl groups is 1. The minimum atomic E-state index is 0.377. The summed E-state index contributed by atoms with van der Waals surface area (Å²) >= 11 is 0. The lowest BCUT2D eigenvalue weighted by atomic mass is 9.95. The molecule has 1 heteroatoms. The van der Waals surface area contributed by atoms with Gasteiger partial charge < -0.3 is 5.11 Å². The normalized spacial score (nSPS) is 10.8. The van der Waals surface area contributed by atoms with Crippen LogP contribution in [0.5, 0.6) is 5.75 Å². The van der Waals surface area contributed by atoms with Gasteiger partial charge in [-0.25, -0.2) is 0 Å². The van der Waals surface area contributed by atoms with Crippen LogP contribution in [0.15, 0.2) is 54.6 Å². The molecule has 1 nitrogen and oxygen atoms in total. The third kappa shape index (κ3) is 1.97. The summed E-state index contributed by atoms with van der Waals surface area (Å²) in [6, 6.07) is 18.5. The molecule has 0 amide bonds. The maximum atomic E-state index is 10.3. The monoisotopic (exact) mass is 248 g/mol. The minimum Gasteiger partial charge on any atom is -0.507 e. The summed E-state index contributed by atoms with van der Waals surface area (Å²) in [5.41, 5.74) is 4.08. The third-order valence-corrected chi connectivity index (χ3v) is 3.52. The van der Waals surface area contributed by atoms with E-state index in [4.69, 9.17) is 0 Å². The van der Waals surface area contributed by atoms with E-state index in [-0.39, 0.29) is 0 Å². The van der Waals surface area contributed by atoms with E-state index in [1.165, 1.54) is 16.3 Å². The Hall–Kier alpha value is -2.28. The lowest BCUT2D eigenvalue weighted by Gasteiger charge is -2.11. The molecule has 19 heavy (non-hydrogen) atoms. The van der Waals surface area contributed by atoms with Crippen molar-refractivity contribution < 1.29 is 5.11 Å². The number of rotatable bonds is 1. The van der Waals surface area contributed by atoms with Crippen LogP contribution in [0.2, 0.25) is 0 Å². The molecule has 3 aromatic carbocycles. The molecule has 0 aliphatic rings. The highest BCUT2D eigenvalue weighted by Gasteiger charge is 2.10. The standard InChI is InChI=1S/C18H16O/c1-12-10-13(2)18(19)17(11-12)16-9-5-7-14-6-3-4-8-15(14)16/h3-11,19H,1-2H3. The Kier molecular flexibility index (Phi) is 2.75. The second-order valence-electron chi connectivity index (χ2n) is 5.00. The predicted molar refractivity (Wildman–Crippen MR) is 80.5 cm³/mol. The Morgan fingerprint density at radius 2 is 1.53 bits per heavy atom. The van der Waals surface area contributed by atoms with Crippen LogP contribution in [0, 0.1) is 13.8 Å². The van der Waals surface area contributed by atoms with E-state index in [9.17, 15) is 5.11 Å². The maximum Gasteiger partial charge on any atom is 0.126 e. The van der Waals surface area contributed by atoms with Gasteiger partial charge in [-0.15, -0.1) is 0 Å². The van der Waals surface area contributed by atoms with Crippen molar-refractivity contribution in [2.24, 2.45) is 0 Å². The largest absolute Gasteiger partial charge is 0.507 e. The number of hydrogen-bond acceptors (Lipinski definition) is 1. The first-order chi connectivity index (χ1) is 9.16. The van der Waals surface area contributed by atoms with E-state index in [1.54, 1.807) is 0 Å². The highest BCUT2D eigenvalue weighted by Crippen LogP contribution is 2.36. The quantitative estimate of drug-likeness (QED) is 0.654. The fourth-order valence-corrected chi connectivity index (χ4v) is 2.63. The SMILES string of the molecule is Cc1cc(C)c(O)c(-c2cccc3ccccc23)c1. The van der Waals surface area contributed by atoms with Crippen molar-refractivity contribution in [2.45, 2.75) is 13.8 Å². The molecule has 0 spiro atoms. The number of aryl methyl sites for hydroxylation is 2. The van der Waals surface area contributed by atoms with Crippen LogP contribution in [0.4, 0.5) is 0 Å². The van der Waals surface area contributed by atoms with Gasteiger partial charge in [0, 0.05) is 5.56 Å². The lowest BCUT2D eigenvalue weighted by molar-refractivity contribution is 0.473. The van der Waals surface area contributed by atoms with Crippen molar-refractivity contribution in [1.29, 1.82) is 0 Å². The Balaban J connectivity index is 2.37. The van der Waals surface area contributed by atoms with Gasteiger partial charge in [-0.1, -0.05) is 48.5 Å². The maximum absolute atomic E-state index is 10.3. The van der Waals surface area contributed by atoms with Gasteiger partial charge in [-0.2, -0.15) is 0 Å². The van der Waals surface area contributed by atoms with Gasteiger partial charge >= 0.3 is 0 Å². The first-order valence-corrected chi connectivity index (χ1v) is 6.45. The van der Waals surface area contributed by atoms with Crippen LogP contribution in [-0.2, 0) is 0 Å². The zero-order valence-electron chi connectivity index (χ0n) is 11.1. The van der Waals surface area contributed by atoms with Crippen molar-refractivity contribution in [1.82, 2.24) is 0 Å². The van der Waals surface area contributed by atoms with Crippen LogP contribution in [0.3, 0.4) is 0 Å². The third-order valence-electron chi connectivity index (χ3n) is 3.52. The van der Waals surface area contributed by atoms with Gasteiger partial charge in [0.25, 0.3) is 0 Å². The molecule has 1 N–H and O–H groups in total. The molecule has 0 aromatic heterocycles. The van der Waals surface area contributed by atoms with E-state index in [0.29, 0.717) is 5.75 Å². The second-order valence-corrected chi connectivity index (χ2v) is 5.00. The summed E-state index contributed by atoms with van der Waals surface area (Å²) in [5.74, 6) is 0.377. The molecule has 0 saturated carbocycles. The molecule has 0 atom stereocenters. The molecule has 0 saturated heterocycles. The molecule has 0 bridgehead atoms. The van der Waals surface area contributed by atoms with Crippen molar-refractivity contribution >= 4 is 10.8 Å². The molecule has 0 fully saturated rings. The van der Waals surface area contributed by atoms with Gasteiger partial charge in [-0.3, -0.25) is 0 Å². The number of hydrogen-bond donors (Lipinski definition) is 1. The van der Waals surface area contributed by atoms with Crippen LogP contribution < -0.4 is 0 Å². The van der Waals surface area contributed by atoms with Crippen LogP contribution >= 0.6 is 0 Å². The molecule has 0 aliphatic carbocycles. The Morgan fingerprint density at radius 3 is 2.37 bits per heavy atom. The fraction of sp³-hybridized carbons (Fsp3) is 0.111. The molecule has 0 radical (unpaired) electrons. The van der Waals surface area contributed by atoms with Crippen LogP contribution in [0.1, 0.15) is 11.1 Å². The molecule has 94 valence electrons. The summed E-state index contributed by atoms with van der Waals surface area (Å²) in [6.45, 7) is 4.00.